The Bertz CT molecular complexity index is 968. The standard InChI is InChI=1S/C15H5F23O2/c1-3(2)4(39)40-12(29,9(23,24)6(17,18)5(16,13(30,31)32)14(33,34)35)10(25,26)7(19,20)8(21,22)11(27,28)15(36,37)38/h1H2,2H3. The maximum Gasteiger partial charge on any atom is 0.460 e. The van der Waals surface area contributed by atoms with Crippen LogP contribution in [-0.4, -0.2) is 71.6 Å². The lowest BCUT2D eigenvalue weighted by atomic mass is 9.82. The van der Waals surface area contributed by atoms with Gasteiger partial charge in [-0.15, -0.1) is 0 Å². The number of carbonyl (C=O) groups is 1. The van der Waals surface area contributed by atoms with Crippen molar-refractivity contribution in [3.8, 4) is 0 Å². The summed E-state index contributed by atoms with van der Waals surface area (Å²) in [6.45, 7) is 2.00. The molecule has 0 aliphatic heterocycles. The lowest BCUT2D eigenvalue weighted by molar-refractivity contribution is -0.494. The Morgan fingerprint density at radius 1 is 0.450 bits per heavy atom. The van der Waals surface area contributed by atoms with E-state index in [1.54, 1.807) is 0 Å². The van der Waals surface area contributed by atoms with Crippen molar-refractivity contribution in [1.29, 1.82) is 0 Å². The van der Waals surface area contributed by atoms with Crippen molar-refractivity contribution in [2.45, 2.75) is 72.5 Å². The van der Waals surface area contributed by atoms with Crippen molar-refractivity contribution in [2.24, 2.45) is 0 Å². The molecule has 0 spiro atoms. The SMILES string of the molecule is C=C(C)C(=O)OC(F)(C(F)(F)C(F)(F)C(F)(F)C(F)(F)C(F)(F)F)C(F)(F)C(F)(F)C(F)(C(F)(F)F)C(F)(F)F. The zero-order chi connectivity index (χ0) is 33.4. The van der Waals surface area contributed by atoms with Crippen molar-refractivity contribution in [1.82, 2.24) is 0 Å². The lowest BCUT2D eigenvalue weighted by Crippen LogP contribution is -2.80. The molecule has 0 bridgehead atoms. The van der Waals surface area contributed by atoms with E-state index in [9.17, 15) is 106 Å². The van der Waals surface area contributed by atoms with Gasteiger partial charge in [0.2, 0.25) is 0 Å². The van der Waals surface area contributed by atoms with Gasteiger partial charge in [-0.05, 0) is 6.92 Å². The Hall–Kier alpha value is -2.40. The molecule has 2 nitrogen and oxygen atoms in total. The fraction of sp³-hybridized carbons (Fsp3) is 0.800. The van der Waals surface area contributed by atoms with Gasteiger partial charge in [0.15, 0.2) is 0 Å². The molecule has 0 aliphatic carbocycles. The van der Waals surface area contributed by atoms with E-state index in [-0.39, 0.29) is 6.92 Å². The fourth-order valence-corrected chi connectivity index (χ4v) is 2.25. The molecule has 0 N–H and O–H groups in total. The number of halogens is 23. The van der Waals surface area contributed by atoms with Crippen LogP contribution in [0.1, 0.15) is 6.92 Å². The highest BCUT2D eigenvalue weighted by Crippen LogP contribution is 2.67. The minimum atomic E-state index is -9.36. The molecule has 0 aromatic rings. The molecule has 0 aromatic carbocycles. The van der Waals surface area contributed by atoms with Gasteiger partial charge >= 0.3 is 71.6 Å². The molecule has 238 valence electrons. The van der Waals surface area contributed by atoms with Crippen molar-refractivity contribution in [3.05, 3.63) is 12.2 Å². The van der Waals surface area contributed by atoms with Crippen LogP contribution in [0, 0.1) is 0 Å². The molecule has 1 atom stereocenters. The van der Waals surface area contributed by atoms with Gasteiger partial charge in [0, 0.05) is 5.57 Å². The van der Waals surface area contributed by atoms with Gasteiger partial charge in [-0.1, -0.05) is 6.58 Å². The van der Waals surface area contributed by atoms with E-state index in [0.717, 1.165) is 0 Å². The maximum atomic E-state index is 14.8. The van der Waals surface area contributed by atoms with Crippen LogP contribution in [0.4, 0.5) is 101 Å². The average Bonchev–Trinajstić information content (AvgIpc) is 2.69. The lowest BCUT2D eigenvalue weighted by Gasteiger charge is -2.47. The summed E-state index contributed by atoms with van der Waals surface area (Å²) in [5.41, 5.74) is -11.1. The van der Waals surface area contributed by atoms with Crippen LogP contribution in [0.15, 0.2) is 12.2 Å². The number of alkyl halides is 23. The van der Waals surface area contributed by atoms with Crippen molar-refractivity contribution < 1.29 is 111 Å². The van der Waals surface area contributed by atoms with Crippen LogP contribution in [-0.2, 0) is 9.53 Å². The molecule has 0 aliphatic rings. The number of rotatable bonds is 9. The molecular weight excluding hydrogens is 649 g/mol. The van der Waals surface area contributed by atoms with E-state index in [1.807, 2.05) is 4.74 Å². The summed E-state index contributed by atoms with van der Waals surface area (Å²) in [6.07, 6.45) is -25.2. The van der Waals surface area contributed by atoms with Crippen LogP contribution in [0.25, 0.3) is 0 Å². The normalized spacial score (nSPS) is 17.4. The topological polar surface area (TPSA) is 26.3 Å². The van der Waals surface area contributed by atoms with Gasteiger partial charge < -0.3 is 4.74 Å². The molecule has 0 radical (unpaired) electrons. The van der Waals surface area contributed by atoms with Crippen LogP contribution < -0.4 is 0 Å². The van der Waals surface area contributed by atoms with Crippen molar-refractivity contribution in [2.75, 3.05) is 0 Å². The molecular formula is C15H5F23O2. The minimum Gasteiger partial charge on any atom is -0.413 e. The number of carbonyl (C=O) groups excluding carboxylic acids is 1. The number of esters is 1. The van der Waals surface area contributed by atoms with Gasteiger partial charge in [0.25, 0.3) is 0 Å². The molecule has 0 saturated heterocycles. The predicted molar refractivity (Wildman–Crippen MR) is 76.4 cm³/mol. The summed E-state index contributed by atoms with van der Waals surface area (Å²) in [5, 5.41) is 0. The molecule has 25 heteroatoms. The second-order valence-electron chi connectivity index (χ2n) is 7.36. The van der Waals surface area contributed by atoms with E-state index < -0.39 is 77.1 Å². The van der Waals surface area contributed by atoms with Crippen LogP contribution in [0.2, 0.25) is 0 Å². The molecule has 0 fully saturated rings. The Morgan fingerprint density at radius 3 is 0.975 bits per heavy atom. The molecule has 1 unspecified atom stereocenters. The molecule has 0 heterocycles. The molecule has 0 aromatic heterocycles. The van der Waals surface area contributed by atoms with Gasteiger partial charge in [0.05, 0.1) is 0 Å². The van der Waals surface area contributed by atoms with Crippen molar-refractivity contribution in [3.63, 3.8) is 0 Å². The Morgan fingerprint density at radius 2 is 0.725 bits per heavy atom. The third-order valence-corrected chi connectivity index (χ3v) is 4.54. The number of hydrogen-bond donors (Lipinski definition) is 0. The smallest absolute Gasteiger partial charge is 0.413 e. The zero-order valence-corrected chi connectivity index (χ0v) is 17.7. The van der Waals surface area contributed by atoms with E-state index >= 15 is 0 Å². The van der Waals surface area contributed by atoms with Crippen molar-refractivity contribution >= 4 is 5.97 Å². The maximum absolute atomic E-state index is 14.8. The van der Waals surface area contributed by atoms with Crippen LogP contribution in [0.3, 0.4) is 0 Å². The van der Waals surface area contributed by atoms with E-state index in [1.165, 1.54) is 0 Å². The van der Waals surface area contributed by atoms with E-state index in [2.05, 4.69) is 6.58 Å². The predicted octanol–water partition coefficient (Wildman–Crippen LogP) is 7.98. The van der Waals surface area contributed by atoms with Crippen LogP contribution >= 0.6 is 0 Å². The molecule has 0 rings (SSSR count). The Balaban J connectivity index is 8.04. The Labute approximate surface area is 202 Å². The average molecular weight is 654 g/mol. The highest BCUT2D eigenvalue weighted by atomic mass is 19.4. The summed E-state index contributed by atoms with van der Waals surface area (Å²) in [6, 6.07) is 0. The third-order valence-electron chi connectivity index (χ3n) is 4.54. The third kappa shape index (κ3) is 4.57. The summed E-state index contributed by atoms with van der Waals surface area (Å²) in [5.74, 6) is -67.5. The Kier molecular flexibility index (Phi) is 8.75. The monoisotopic (exact) mass is 654 g/mol. The quantitative estimate of drug-likeness (QED) is 0.143. The number of ether oxygens (including phenoxy) is 1. The van der Waals surface area contributed by atoms with Gasteiger partial charge in [-0.3, -0.25) is 0 Å². The summed E-state index contributed by atoms with van der Waals surface area (Å²) in [7, 11) is 0. The van der Waals surface area contributed by atoms with E-state index in [4.69, 9.17) is 0 Å². The van der Waals surface area contributed by atoms with Gasteiger partial charge in [0.1, 0.15) is 0 Å². The second kappa shape index (κ2) is 9.31. The van der Waals surface area contributed by atoms with Gasteiger partial charge in [-0.2, -0.15) is 96.6 Å². The summed E-state index contributed by atoms with van der Waals surface area (Å²) < 4.78 is 307. The molecule has 0 amide bonds. The largest absolute Gasteiger partial charge is 0.460 e. The zero-order valence-electron chi connectivity index (χ0n) is 17.7. The summed E-state index contributed by atoms with van der Waals surface area (Å²) in [4.78, 5) is 11.2. The second-order valence-corrected chi connectivity index (χ2v) is 7.36. The minimum absolute atomic E-state index is 0.118. The highest BCUT2D eigenvalue weighted by molar-refractivity contribution is 5.87. The van der Waals surface area contributed by atoms with Gasteiger partial charge in [-0.25, -0.2) is 9.18 Å². The fourth-order valence-electron chi connectivity index (χ4n) is 2.25. The molecule has 0 saturated carbocycles. The first-order chi connectivity index (χ1) is 16.8. The number of hydrogen-bond acceptors (Lipinski definition) is 2. The first kappa shape index (κ1) is 37.6. The van der Waals surface area contributed by atoms with E-state index in [0.29, 0.717) is 0 Å². The van der Waals surface area contributed by atoms with Crippen LogP contribution in [0.5, 0.6) is 0 Å². The first-order valence-corrected chi connectivity index (χ1v) is 8.56. The summed E-state index contributed by atoms with van der Waals surface area (Å²) >= 11 is 0. The molecule has 40 heavy (non-hydrogen) atoms. The first-order valence-electron chi connectivity index (χ1n) is 8.56. The highest BCUT2D eigenvalue weighted by Gasteiger charge is 3.00.